The molecule has 0 heterocycles. The zero-order valence-corrected chi connectivity index (χ0v) is 18.8. The first-order valence-corrected chi connectivity index (χ1v) is 11.7. The van der Waals surface area contributed by atoms with Gasteiger partial charge >= 0.3 is 5.97 Å². The number of esters is 1. The van der Waals surface area contributed by atoms with Crippen LogP contribution >= 0.6 is 0 Å². The van der Waals surface area contributed by atoms with Crippen molar-refractivity contribution in [1.29, 1.82) is 0 Å². The molecule has 0 amide bonds. The van der Waals surface area contributed by atoms with E-state index in [1.807, 2.05) is 6.92 Å². The smallest absolute Gasteiger partial charge is 0.305 e. The molecule has 28 heavy (non-hydrogen) atoms. The molecule has 0 rings (SSSR count). The van der Waals surface area contributed by atoms with E-state index in [-0.39, 0.29) is 25.3 Å². The molecule has 0 aromatic heterocycles. The summed E-state index contributed by atoms with van der Waals surface area (Å²) in [5.74, 6) is -0.148. The molecule has 0 radical (unpaired) electrons. The van der Waals surface area contributed by atoms with Gasteiger partial charge in [-0.2, -0.15) is 0 Å². The lowest BCUT2D eigenvalue weighted by Crippen LogP contribution is -2.23. The van der Waals surface area contributed by atoms with Crippen LogP contribution in [0, 0.1) is 0 Å². The minimum absolute atomic E-state index is 0.148. The number of allylic oxidation sites excluding steroid dienone is 2. The summed E-state index contributed by atoms with van der Waals surface area (Å²) in [6, 6.07) is 0. The third-order valence-corrected chi connectivity index (χ3v) is 4.74. The molecule has 166 valence electrons. The molecule has 4 heteroatoms. The Hall–Kier alpha value is -0.870. The van der Waals surface area contributed by atoms with Crippen LogP contribution in [-0.4, -0.2) is 36.5 Å². The Morgan fingerprint density at radius 1 is 0.821 bits per heavy atom. The maximum Gasteiger partial charge on any atom is 0.305 e. The van der Waals surface area contributed by atoms with Gasteiger partial charge in [-0.15, -0.1) is 0 Å². The van der Waals surface area contributed by atoms with Crippen molar-refractivity contribution in [2.24, 2.45) is 0 Å². The number of unbranched alkanes of at least 4 members (excludes halogenated alkanes) is 11. The average molecular weight is 399 g/mol. The summed E-state index contributed by atoms with van der Waals surface area (Å²) >= 11 is 0. The Morgan fingerprint density at radius 3 is 1.93 bits per heavy atom. The van der Waals surface area contributed by atoms with E-state index in [1.165, 1.54) is 70.6 Å². The highest BCUT2D eigenvalue weighted by Crippen LogP contribution is 2.10. The van der Waals surface area contributed by atoms with Gasteiger partial charge in [-0.3, -0.25) is 4.79 Å². The molecule has 0 aromatic rings. The van der Waals surface area contributed by atoms with E-state index in [1.54, 1.807) is 6.92 Å². The third-order valence-electron chi connectivity index (χ3n) is 4.74. The Morgan fingerprint density at radius 2 is 1.36 bits per heavy atom. The molecule has 0 bridgehead atoms. The molecule has 0 aliphatic rings. The van der Waals surface area contributed by atoms with Crippen molar-refractivity contribution in [3.8, 4) is 0 Å². The summed E-state index contributed by atoms with van der Waals surface area (Å²) in [6.07, 6.45) is 20.8. The zero-order chi connectivity index (χ0) is 20.9. The molecular formula is C24H46O4. The van der Waals surface area contributed by atoms with Gasteiger partial charge in [-0.25, -0.2) is 0 Å². The van der Waals surface area contributed by atoms with Gasteiger partial charge in [-0.1, -0.05) is 70.4 Å². The van der Waals surface area contributed by atoms with Crippen molar-refractivity contribution in [3.63, 3.8) is 0 Å². The molecule has 0 aliphatic carbocycles. The topological polar surface area (TPSA) is 55.8 Å². The van der Waals surface area contributed by atoms with E-state index in [2.05, 4.69) is 19.1 Å². The third kappa shape index (κ3) is 21.4. The van der Waals surface area contributed by atoms with Crippen molar-refractivity contribution >= 4 is 5.97 Å². The molecular weight excluding hydrogens is 352 g/mol. The Bertz CT molecular complexity index is 366. The van der Waals surface area contributed by atoms with E-state index in [0.717, 1.165) is 12.8 Å². The van der Waals surface area contributed by atoms with Crippen LogP contribution in [-0.2, 0) is 14.3 Å². The van der Waals surface area contributed by atoms with E-state index in [4.69, 9.17) is 14.6 Å². The first-order chi connectivity index (χ1) is 13.6. The first-order valence-electron chi connectivity index (χ1n) is 11.7. The van der Waals surface area contributed by atoms with E-state index in [0.29, 0.717) is 6.42 Å². The summed E-state index contributed by atoms with van der Waals surface area (Å²) in [7, 11) is 0. The fraction of sp³-hybridized carbons (Fsp3) is 0.875. The number of rotatable bonds is 20. The van der Waals surface area contributed by atoms with Gasteiger partial charge in [0.2, 0.25) is 0 Å². The van der Waals surface area contributed by atoms with E-state index >= 15 is 0 Å². The van der Waals surface area contributed by atoms with Gasteiger partial charge in [-0.05, 0) is 46.0 Å². The van der Waals surface area contributed by atoms with E-state index in [9.17, 15) is 4.79 Å². The number of carbonyl (C=O) groups is 1. The lowest BCUT2D eigenvalue weighted by Gasteiger charge is -2.14. The molecule has 0 saturated carbocycles. The summed E-state index contributed by atoms with van der Waals surface area (Å²) in [4.78, 5) is 11.7. The fourth-order valence-corrected chi connectivity index (χ4v) is 2.97. The van der Waals surface area contributed by atoms with Crippen LogP contribution in [0.3, 0.4) is 0 Å². The first kappa shape index (κ1) is 27.1. The molecule has 0 aliphatic heterocycles. The highest BCUT2D eigenvalue weighted by atomic mass is 16.6. The Labute approximate surface area is 174 Å². The molecule has 2 atom stereocenters. The predicted molar refractivity (Wildman–Crippen MR) is 118 cm³/mol. The van der Waals surface area contributed by atoms with Crippen LogP contribution in [0.5, 0.6) is 0 Å². The van der Waals surface area contributed by atoms with Crippen LogP contribution in [0.25, 0.3) is 0 Å². The molecule has 1 N–H and O–H groups in total. The molecule has 4 nitrogen and oxygen atoms in total. The van der Waals surface area contributed by atoms with Crippen molar-refractivity contribution < 1.29 is 19.4 Å². The zero-order valence-electron chi connectivity index (χ0n) is 18.8. The van der Waals surface area contributed by atoms with Crippen LogP contribution in [0.1, 0.15) is 111 Å². The van der Waals surface area contributed by atoms with Gasteiger partial charge < -0.3 is 14.6 Å². The highest BCUT2D eigenvalue weighted by molar-refractivity contribution is 5.69. The number of aliphatic hydroxyl groups is 1. The summed E-state index contributed by atoms with van der Waals surface area (Å²) < 4.78 is 10.6. The normalized spacial score (nSPS) is 13.7. The second kappa shape index (κ2) is 20.9. The highest BCUT2D eigenvalue weighted by Gasteiger charge is 2.08. The van der Waals surface area contributed by atoms with Gasteiger partial charge in [0, 0.05) is 6.42 Å². The maximum atomic E-state index is 11.7. The summed E-state index contributed by atoms with van der Waals surface area (Å²) in [6.45, 7) is 6.31. The predicted octanol–water partition coefficient (Wildman–Crippen LogP) is 6.35. The van der Waals surface area contributed by atoms with Crippen LogP contribution in [0.2, 0.25) is 0 Å². The van der Waals surface area contributed by atoms with E-state index < -0.39 is 6.10 Å². The van der Waals surface area contributed by atoms with Gasteiger partial charge in [0.1, 0.15) is 6.61 Å². The number of carbonyl (C=O) groups excluding carboxylic acids is 1. The monoisotopic (exact) mass is 398 g/mol. The molecule has 0 spiro atoms. The van der Waals surface area contributed by atoms with Gasteiger partial charge in [0.05, 0.1) is 18.8 Å². The molecule has 0 aromatic carbocycles. The molecule has 0 saturated heterocycles. The minimum Gasteiger partial charge on any atom is -0.463 e. The lowest BCUT2D eigenvalue weighted by atomic mass is 10.1. The maximum absolute atomic E-state index is 11.7. The van der Waals surface area contributed by atoms with Crippen LogP contribution in [0.15, 0.2) is 12.2 Å². The molecule has 0 fully saturated rings. The fourth-order valence-electron chi connectivity index (χ4n) is 2.97. The Kier molecular flexibility index (Phi) is 20.2. The number of hydrogen-bond acceptors (Lipinski definition) is 4. The largest absolute Gasteiger partial charge is 0.463 e. The Balaban J connectivity index is 3.31. The number of hydrogen-bond donors (Lipinski definition) is 1. The van der Waals surface area contributed by atoms with Crippen molar-refractivity contribution in [2.75, 3.05) is 13.2 Å². The lowest BCUT2D eigenvalue weighted by molar-refractivity contribution is -0.148. The quantitative estimate of drug-likeness (QED) is 0.147. The standard InChI is InChI=1S/C24H46O4/c1-4-5-6-7-8-9-10-11-12-13-14-15-16-17-18-19-24(26)28-21-23(3)27-20-22(2)25/h11-12,22-23,25H,4-10,13-21H2,1-3H3/b12-11-. The van der Waals surface area contributed by atoms with Crippen molar-refractivity contribution in [1.82, 2.24) is 0 Å². The number of aliphatic hydroxyl groups excluding tert-OH is 1. The number of ether oxygens (including phenoxy) is 2. The van der Waals surface area contributed by atoms with Crippen molar-refractivity contribution in [2.45, 2.75) is 123 Å². The minimum atomic E-state index is -0.492. The summed E-state index contributed by atoms with van der Waals surface area (Å²) in [5, 5.41) is 9.14. The van der Waals surface area contributed by atoms with Gasteiger partial charge in [0.25, 0.3) is 0 Å². The SMILES string of the molecule is CCCCCCCC/C=C\CCCCCCCC(=O)OCC(C)OCC(C)O. The molecule has 2 unspecified atom stereocenters. The average Bonchev–Trinajstić information content (AvgIpc) is 2.67. The van der Waals surface area contributed by atoms with Crippen molar-refractivity contribution in [3.05, 3.63) is 12.2 Å². The van der Waals surface area contributed by atoms with Crippen LogP contribution < -0.4 is 0 Å². The summed E-state index contributed by atoms with van der Waals surface area (Å²) in [5.41, 5.74) is 0. The van der Waals surface area contributed by atoms with Crippen LogP contribution in [0.4, 0.5) is 0 Å². The second-order valence-electron chi connectivity index (χ2n) is 8.01. The second-order valence-corrected chi connectivity index (χ2v) is 8.01. The van der Waals surface area contributed by atoms with Gasteiger partial charge in [0.15, 0.2) is 0 Å².